The highest BCUT2D eigenvalue weighted by Gasteiger charge is 2.13. The second-order valence-corrected chi connectivity index (χ2v) is 4.38. The van der Waals surface area contributed by atoms with Gasteiger partial charge in [0, 0.05) is 19.1 Å². The number of hydrogen-bond acceptors (Lipinski definition) is 2. The zero-order valence-electron chi connectivity index (χ0n) is 8.99. The minimum atomic E-state index is -1.09. The molecule has 1 aromatic carbocycles. The summed E-state index contributed by atoms with van der Waals surface area (Å²) in [5.41, 5.74) is 0.849. The summed E-state index contributed by atoms with van der Waals surface area (Å²) in [7, 11) is 0. The fourth-order valence-electron chi connectivity index (χ4n) is 1.52. The maximum absolute atomic E-state index is 10.4. The lowest BCUT2D eigenvalue weighted by Gasteiger charge is -2.16. The summed E-state index contributed by atoms with van der Waals surface area (Å²) in [4.78, 5) is 10.4. The Balaban J connectivity index is 2.81. The van der Waals surface area contributed by atoms with Gasteiger partial charge in [-0.05, 0) is 24.1 Å². The van der Waals surface area contributed by atoms with Crippen LogP contribution in [0.3, 0.4) is 0 Å². The largest absolute Gasteiger partial charge is 0.465 e. The van der Waals surface area contributed by atoms with Gasteiger partial charge in [-0.2, -0.15) is 0 Å². The molecule has 0 radical (unpaired) electrons. The number of aliphatic hydroxyl groups is 1. The van der Waals surface area contributed by atoms with E-state index in [2.05, 4.69) is 5.32 Å². The molecule has 0 bridgehead atoms. The van der Waals surface area contributed by atoms with Gasteiger partial charge in [0.25, 0.3) is 0 Å². The van der Waals surface area contributed by atoms with Crippen LogP contribution < -0.4 is 5.32 Å². The van der Waals surface area contributed by atoms with Gasteiger partial charge in [0.1, 0.15) is 0 Å². The van der Waals surface area contributed by atoms with Crippen molar-refractivity contribution in [3.05, 3.63) is 33.8 Å². The highest BCUT2D eigenvalue weighted by Crippen LogP contribution is 2.27. The van der Waals surface area contributed by atoms with Crippen LogP contribution in [0.15, 0.2) is 18.2 Å². The van der Waals surface area contributed by atoms with Crippen molar-refractivity contribution in [2.45, 2.75) is 12.3 Å². The Bertz CT molecular complexity index is 398. The third-order valence-electron chi connectivity index (χ3n) is 2.39. The highest BCUT2D eigenvalue weighted by atomic mass is 35.5. The Kier molecular flexibility index (Phi) is 5.55. The molecule has 94 valence electrons. The van der Waals surface area contributed by atoms with Crippen molar-refractivity contribution < 1.29 is 15.0 Å². The molecule has 6 heteroatoms. The van der Waals surface area contributed by atoms with Crippen LogP contribution in [0.4, 0.5) is 4.79 Å². The molecule has 1 amide bonds. The van der Waals surface area contributed by atoms with Crippen molar-refractivity contribution in [3.8, 4) is 0 Å². The first-order valence-corrected chi connectivity index (χ1v) is 5.82. The quantitative estimate of drug-likeness (QED) is 0.775. The van der Waals surface area contributed by atoms with Crippen molar-refractivity contribution in [1.29, 1.82) is 0 Å². The van der Waals surface area contributed by atoms with Gasteiger partial charge in [-0.25, -0.2) is 4.79 Å². The molecule has 0 spiro atoms. The van der Waals surface area contributed by atoms with Gasteiger partial charge in [0.2, 0.25) is 0 Å². The van der Waals surface area contributed by atoms with E-state index in [4.69, 9.17) is 33.4 Å². The minimum Gasteiger partial charge on any atom is -0.465 e. The molecular formula is C11H13Cl2NO3. The van der Waals surface area contributed by atoms with Crippen molar-refractivity contribution in [2.24, 2.45) is 0 Å². The average Bonchev–Trinajstić information content (AvgIpc) is 2.28. The smallest absolute Gasteiger partial charge is 0.404 e. The van der Waals surface area contributed by atoms with Gasteiger partial charge in [0.15, 0.2) is 0 Å². The summed E-state index contributed by atoms with van der Waals surface area (Å²) in [5, 5.41) is 20.7. The van der Waals surface area contributed by atoms with E-state index in [-0.39, 0.29) is 19.1 Å². The zero-order valence-corrected chi connectivity index (χ0v) is 10.5. The van der Waals surface area contributed by atoms with Gasteiger partial charge < -0.3 is 15.5 Å². The van der Waals surface area contributed by atoms with Crippen LogP contribution in [0.5, 0.6) is 0 Å². The second kappa shape index (κ2) is 6.69. The first-order chi connectivity index (χ1) is 8.04. The Labute approximate surface area is 109 Å². The molecule has 0 saturated heterocycles. The van der Waals surface area contributed by atoms with E-state index in [9.17, 15) is 4.79 Å². The fraction of sp³-hybridized carbons (Fsp3) is 0.364. The topological polar surface area (TPSA) is 69.6 Å². The highest BCUT2D eigenvalue weighted by molar-refractivity contribution is 6.42. The molecule has 0 saturated carbocycles. The van der Waals surface area contributed by atoms with Crippen LogP contribution in [0.1, 0.15) is 17.9 Å². The molecule has 1 rings (SSSR count). The van der Waals surface area contributed by atoms with Crippen molar-refractivity contribution >= 4 is 29.3 Å². The molecule has 0 heterocycles. The molecule has 3 N–H and O–H groups in total. The third kappa shape index (κ3) is 4.42. The van der Waals surface area contributed by atoms with Crippen LogP contribution in [0.25, 0.3) is 0 Å². The second-order valence-electron chi connectivity index (χ2n) is 3.57. The number of amides is 1. The van der Waals surface area contributed by atoms with E-state index in [1.807, 2.05) is 0 Å². The lowest BCUT2D eigenvalue weighted by Crippen LogP contribution is -2.27. The number of rotatable bonds is 5. The predicted octanol–water partition coefficient (Wildman–Crippen LogP) is 2.73. The Hall–Kier alpha value is -0.970. The molecule has 0 aliphatic carbocycles. The number of carboxylic acid groups (broad SMARTS) is 1. The van der Waals surface area contributed by atoms with Crippen LogP contribution in [-0.4, -0.2) is 29.5 Å². The molecule has 0 aliphatic rings. The number of hydrogen-bond donors (Lipinski definition) is 3. The molecule has 0 aromatic heterocycles. The first kappa shape index (κ1) is 14.1. The molecule has 1 aromatic rings. The van der Waals surface area contributed by atoms with Crippen molar-refractivity contribution in [3.63, 3.8) is 0 Å². The molecular weight excluding hydrogens is 265 g/mol. The maximum Gasteiger partial charge on any atom is 0.404 e. The minimum absolute atomic E-state index is 0.0216. The average molecular weight is 278 g/mol. The van der Waals surface area contributed by atoms with E-state index in [0.29, 0.717) is 16.5 Å². The lowest BCUT2D eigenvalue weighted by atomic mass is 9.96. The maximum atomic E-state index is 10.4. The molecule has 0 unspecified atom stereocenters. The van der Waals surface area contributed by atoms with Crippen molar-refractivity contribution in [1.82, 2.24) is 5.32 Å². The molecule has 0 fully saturated rings. The monoisotopic (exact) mass is 277 g/mol. The van der Waals surface area contributed by atoms with Gasteiger partial charge in [-0.15, -0.1) is 0 Å². The number of aliphatic hydroxyl groups excluding tert-OH is 1. The zero-order chi connectivity index (χ0) is 12.8. The summed E-state index contributed by atoms with van der Waals surface area (Å²) in [6.45, 7) is 0.208. The third-order valence-corrected chi connectivity index (χ3v) is 3.13. The normalized spacial score (nSPS) is 12.2. The summed E-state index contributed by atoms with van der Waals surface area (Å²) < 4.78 is 0. The standard InChI is InChI=1S/C11H13Cl2NO3/c12-9-2-1-7(5-10(9)13)8(3-4-15)6-14-11(16)17/h1-2,5,8,14-15H,3-4,6H2,(H,16,17)/t8-/m1/s1. The number of nitrogens with one attached hydrogen (secondary N) is 1. The summed E-state index contributed by atoms with van der Waals surface area (Å²) in [6, 6.07) is 5.12. The van der Waals surface area contributed by atoms with Crippen LogP contribution in [0.2, 0.25) is 10.0 Å². The molecule has 0 aliphatic heterocycles. The van der Waals surface area contributed by atoms with E-state index >= 15 is 0 Å². The first-order valence-electron chi connectivity index (χ1n) is 5.07. The van der Waals surface area contributed by atoms with Gasteiger partial charge in [-0.1, -0.05) is 29.3 Å². The summed E-state index contributed by atoms with van der Waals surface area (Å²) >= 11 is 11.7. The van der Waals surface area contributed by atoms with Gasteiger partial charge in [-0.3, -0.25) is 0 Å². The molecule has 4 nitrogen and oxygen atoms in total. The number of carbonyl (C=O) groups is 1. The lowest BCUT2D eigenvalue weighted by molar-refractivity contribution is 0.192. The van der Waals surface area contributed by atoms with Crippen LogP contribution in [-0.2, 0) is 0 Å². The van der Waals surface area contributed by atoms with Crippen LogP contribution in [0, 0.1) is 0 Å². The molecule has 1 atom stereocenters. The SMILES string of the molecule is O=C(O)NC[C@@H](CCO)c1ccc(Cl)c(Cl)c1. The number of halogens is 2. The van der Waals surface area contributed by atoms with Gasteiger partial charge in [0.05, 0.1) is 10.0 Å². The summed E-state index contributed by atoms with van der Waals surface area (Å²) in [6.07, 6.45) is -0.633. The van der Waals surface area contributed by atoms with Crippen molar-refractivity contribution in [2.75, 3.05) is 13.2 Å². The fourth-order valence-corrected chi connectivity index (χ4v) is 1.83. The predicted molar refractivity (Wildman–Crippen MR) is 66.9 cm³/mol. The van der Waals surface area contributed by atoms with Gasteiger partial charge >= 0.3 is 6.09 Å². The van der Waals surface area contributed by atoms with E-state index in [1.165, 1.54) is 0 Å². The number of benzene rings is 1. The van der Waals surface area contributed by atoms with E-state index < -0.39 is 6.09 Å². The Morgan fingerprint density at radius 3 is 2.59 bits per heavy atom. The molecule has 17 heavy (non-hydrogen) atoms. The Morgan fingerprint density at radius 2 is 2.06 bits per heavy atom. The Morgan fingerprint density at radius 1 is 1.35 bits per heavy atom. The van der Waals surface area contributed by atoms with Crippen LogP contribution >= 0.6 is 23.2 Å². The van der Waals surface area contributed by atoms with E-state index in [0.717, 1.165) is 5.56 Å². The summed E-state index contributed by atoms with van der Waals surface area (Å²) in [5.74, 6) is -0.120. The van der Waals surface area contributed by atoms with E-state index in [1.54, 1.807) is 18.2 Å².